The number of nitrogens with one attached hydrogen (secondary N) is 1. The van der Waals surface area contributed by atoms with Crippen LogP contribution in [0.15, 0.2) is 12.1 Å². The largest absolute Gasteiger partial charge is 0.397 e. The summed E-state index contributed by atoms with van der Waals surface area (Å²) in [6.07, 6.45) is 2.51. The Morgan fingerprint density at radius 1 is 1.38 bits per heavy atom. The van der Waals surface area contributed by atoms with Gasteiger partial charge >= 0.3 is 0 Å². The smallest absolute Gasteiger partial charge is 0.0614 e. The fraction of sp³-hybridized carbons (Fsp3) is 0.400. The fourth-order valence-electron chi connectivity index (χ4n) is 1.21. The van der Waals surface area contributed by atoms with Gasteiger partial charge in [0.25, 0.3) is 0 Å². The van der Waals surface area contributed by atoms with E-state index in [4.69, 9.17) is 28.9 Å². The highest BCUT2D eigenvalue weighted by Gasteiger charge is 2.04. The van der Waals surface area contributed by atoms with E-state index in [0.29, 0.717) is 28.0 Å². The number of nitrogen functional groups attached to an aromatic ring is 1. The summed E-state index contributed by atoms with van der Waals surface area (Å²) < 4.78 is 10.8. The Labute approximate surface area is 108 Å². The first-order valence-electron chi connectivity index (χ1n) is 4.79. The molecule has 3 nitrogen and oxygen atoms in total. The summed E-state index contributed by atoms with van der Waals surface area (Å²) in [6, 6.07) is 3.31. The molecule has 0 aliphatic heterocycles. The second-order valence-corrected chi connectivity index (χ2v) is 5.78. The van der Waals surface area contributed by atoms with Gasteiger partial charge in [-0.1, -0.05) is 23.2 Å². The highest BCUT2D eigenvalue weighted by molar-refractivity contribution is 7.84. The van der Waals surface area contributed by atoms with Crippen molar-refractivity contribution in [3.8, 4) is 0 Å². The van der Waals surface area contributed by atoms with E-state index in [1.54, 1.807) is 18.4 Å². The van der Waals surface area contributed by atoms with Crippen molar-refractivity contribution in [2.75, 3.05) is 29.6 Å². The zero-order valence-electron chi connectivity index (χ0n) is 8.93. The lowest BCUT2D eigenvalue weighted by molar-refractivity contribution is 0.685. The number of rotatable bonds is 5. The van der Waals surface area contributed by atoms with Gasteiger partial charge in [-0.3, -0.25) is 4.21 Å². The van der Waals surface area contributed by atoms with Crippen molar-refractivity contribution in [1.82, 2.24) is 0 Å². The summed E-state index contributed by atoms with van der Waals surface area (Å²) in [5.41, 5.74) is 7.09. The van der Waals surface area contributed by atoms with Gasteiger partial charge < -0.3 is 11.1 Å². The highest BCUT2D eigenvalue weighted by Crippen LogP contribution is 2.30. The molecule has 1 unspecified atom stereocenters. The lowest BCUT2D eigenvalue weighted by Crippen LogP contribution is -2.07. The van der Waals surface area contributed by atoms with Crippen LogP contribution >= 0.6 is 23.2 Å². The summed E-state index contributed by atoms with van der Waals surface area (Å²) in [4.78, 5) is 0. The van der Waals surface area contributed by atoms with Crippen molar-refractivity contribution in [2.24, 2.45) is 0 Å². The van der Waals surface area contributed by atoms with Gasteiger partial charge in [0, 0.05) is 29.4 Å². The predicted molar refractivity (Wildman–Crippen MR) is 72.9 cm³/mol. The van der Waals surface area contributed by atoms with Crippen LogP contribution in [0.2, 0.25) is 10.0 Å². The molecule has 1 atom stereocenters. The van der Waals surface area contributed by atoms with E-state index in [1.807, 2.05) is 0 Å². The standard InChI is InChI=1S/C10H14Cl2N2OS/c1-16(15)4-2-3-14-10-6-8(12)7(11)5-9(10)13/h5-6,14H,2-4,13H2,1H3. The van der Waals surface area contributed by atoms with Gasteiger partial charge in [0.1, 0.15) is 0 Å². The third-order valence-electron chi connectivity index (χ3n) is 2.02. The van der Waals surface area contributed by atoms with E-state index in [9.17, 15) is 4.21 Å². The minimum atomic E-state index is -0.755. The Morgan fingerprint density at radius 3 is 2.62 bits per heavy atom. The molecule has 1 rings (SSSR count). The molecular weight excluding hydrogens is 267 g/mol. The normalized spacial score (nSPS) is 12.4. The Balaban J connectivity index is 2.54. The number of hydrogen-bond acceptors (Lipinski definition) is 3. The molecular formula is C10H14Cl2N2OS. The van der Waals surface area contributed by atoms with Crippen molar-refractivity contribution < 1.29 is 4.21 Å². The number of anilines is 2. The minimum absolute atomic E-state index is 0.444. The van der Waals surface area contributed by atoms with Crippen LogP contribution in [0.3, 0.4) is 0 Å². The van der Waals surface area contributed by atoms with E-state index < -0.39 is 10.8 Å². The zero-order valence-corrected chi connectivity index (χ0v) is 11.3. The van der Waals surface area contributed by atoms with Crippen LogP contribution in [0.4, 0.5) is 11.4 Å². The van der Waals surface area contributed by atoms with Crippen LogP contribution in [0.5, 0.6) is 0 Å². The highest BCUT2D eigenvalue weighted by atomic mass is 35.5. The number of halogens is 2. The van der Waals surface area contributed by atoms with Crippen LogP contribution in [0, 0.1) is 0 Å². The molecule has 0 saturated heterocycles. The molecule has 0 spiro atoms. The van der Waals surface area contributed by atoms with E-state index in [-0.39, 0.29) is 0 Å². The molecule has 90 valence electrons. The lowest BCUT2D eigenvalue weighted by atomic mass is 10.2. The van der Waals surface area contributed by atoms with E-state index in [2.05, 4.69) is 5.32 Å². The topological polar surface area (TPSA) is 55.1 Å². The Kier molecular flexibility index (Phi) is 5.38. The summed E-state index contributed by atoms with van der Waals surface area (Å²) in [5, 5.41) is 4.05. The van der Waals surface area contributed by atoms with Crippen LogP contribution in [-0.4, -0.2) is 22.8 Å². The van der Waals surface area contributed by atoms with Crippen molar-refractivity contribution in [2.45, 2.75) is 6.42 Å². The Hall–Kier alpha value is -0.450. The number of hydrogen-bond donors (Lipinski definition) is 2. The van der Waals surface area contributed by atoms with Crippen molar-refractivity contribution in [3.05, 3.63) is 22.2 Å². The predicted octanol–water partition coefficient (Wildman–Crippen LogP) is 2.76. The zero-order chi connectivity index (χ0) is 12.1. The van der Waals surface area contributed by atoms with Crippen LogP contribution in [0.25, 0.3) is 0 Å². The van der Waals surface area contributed by atoms with Crippen molar-refractivity contribution >= 4 is 45.4 Å². The van der Waals surface area contributed by atoms with E-state index in [0.717, 1.165) is 12.1 Å². The van der Waals surface area contributed by atoms with Gasteiger partial charge in [-0.15, -0.1) is 0 Å². The first-order chi connectivity index (χ1) is 7.50. The second-order valence-electron chi connectivity index (χ2n) is 3.41. The third-order valence-corrected chi connectivity index (χ3v) is 3.60. The molecule has 0 bridgehead atoms. The third kappa shape index (κ3) is 4.20. The summed E-state index contributed by atoms with van der Waals surface area (Å²) in [5.74, 6) is 0.675. The van der Waals surface area contributed by atoms with Gasteiger partial charge in [-0.2, -0.15) is 0 Å². The quantitative estimate of drug-likeness (QED) is 0.644. The molecule has 0 amide bonds. The van der Waals surface area contributed by atoms with Crippen LogP contribution in [0.1, 0.15) is 6.42 Å². The van der Waals surface area contributed by atoms with Gasteiger partial charge in [-0.25, -0.2) is 0 Å². The lowest BCUT2D eigenvalue weighted by Gasteiger charge is -2.10. The average molecular weight is 281 g/mol. The molecule has 1 aromatic carbocycles. The summed E-state index contributed by atoms with van der Waals surface area (Å²) in [7, 11) is -0.755. The molecule has 3 N–H and O–H groups in total. The molecule has 16 heavy (non-hydrogen) atoms. The maximum absolute atomic E-state index is 10.8. The monoisotopic (exact) mass is 280 g/mol. The first-order valence-corrected chi connectivity index (χ1v) is 7.27. The van der Waals surface area contributed by atoms with Gasteiger partial charge in [0.2, 0.25) is 0 Å². The van der Waals surface area contributed by atoms with E-state index >= 15 is 0 Å². The molecule has 0 saturated carbocycles. The maximum Gasteiger partial charge on any atom is 0.0614 e. The van der Waals surface area contributed by atoms with Gasteiger partial charge in [-0.05, 0) is 18.6 Å². The summed E-state index contributed by atoms with van der Waals surface area (Å²) in [6.45, 7) is 0.710. The van der Waals surface area contributed by atoms with E-state index in [1.165, 1.54) is 0 Å². The second kappa shape index (κ2) is 6.33. The molecule has 0 aromatic heterocycles. The van der Waals surface area contributed by atoms with Gasteiger partial charge in [0.15, 0.2) is 0 Å². The molecule has 6 heteroatoms. The number of nitrogens with two attached hydrogens (primary N) is 1. The van der Waals surface area contributed by atoms with Crippen molar-refractivity contribution in [1.29, 1.82) is 0 Å². The molecule has 0 aliphatic rings. The van der Waals surface area contributed by atoms with Crippen LogP contribution in [-0.2, 0) is 10.8 Å². The first kappa shape index (κ1) is 13.6. The number of benzene rings is 1. The van der Waals surface area contributed by atoms with Crippen molar-refractivity contribution in [3.63, 3.8) is 0 Å². The molecule has 0 aliphatic carbocycles. The molecule has 1 aromatic rings. The fourth-order valence-corrected chi connectivity index (χ4v) is 2.10. The molecule has 0 heterocycles. The SMILES string of the molecule is CS(=O)CCCNc1cc(Cl)c(Cl)cc1N. The average Bonchev–Trinajstić information content (AvgIpc) is 2.19. The molecule has 0 radical (unpaired) electrons. The Bertz CT molecular complexity index is 399. The maximum atomic E-state index is 10.8. The van der Waals surface area contributed by atoms with Gasteiger partial charge in [0.05, 0.1) is 21.4 Å². The molecule has 0 fully saturated rings. The Morgan fingerprint density at radius 2 is 2.00 bits per heavy atom. The minimum Gasteiger partial charge on any atom is -0.397 e. The van der Waals surface area contributed by atoms with Crippen LogP contribution < -0.4 is 11.1 Å². The summed E-state index contributed by atoms with van der Waals surface area (Å²) >= 11 is 11.7.